The van der Waals surface area contributed by atoms with Crippen LogP contribution in [-0.2, 0) is 14.3 Å². The van der Waals surface area contributed by atoms with E-state index in [1.165, 1.54) is 6.42 Å². The van der Waals surface area contributed by atoms with E-state index in [1.807, 2.05) is 0 Å². The fraction of sp³-hybridized carbons (Fsp3) is 0.571. The van der Waals surface area contributed by atoms with E-state index in [2.05, 4.69) is 20.6 Å². The molecule has 1 saturated heterocycles. The maximum absolute atomic E-state index is 13.2. The molecule has 1 aliphatic carbocycles. The summed E-state index contributed by atoms with van der Waals surface area (Å²) < 4.78 is 10.4. The molecule has 2 aromatic heterocycles. The second-order valence-corrected chi connectivity index (χ2v) is 8.08. The number of hydrogen-bond donors (Lipinski definition) is 2. The van der Waals surface area contributed by atoms with E-state index >= 15 is 0 Å². The maximum Gasteiger partial charge on any atom is 0.441 e. The largest absolute Gasteiger partial charge is 0.441 e. The first kappa shape index (κ1) is 20.5. The smallest absolute Gasteiger partial charge is 0.406 e. The molecule has 4 rings (SSSR count). The molecule has 2 aliphatic rings. The minimum absolute atomic E-state index is 0.00266. The van der Waals surface area contributed by atoms with Crippen molar-refractivity contribution in [2.75, 3.05) is 11.9 Å². The van der Waals surface area contributed by atoms with Crippen LogP contribution in [0, 0.1) is 5.92 Å². The summed E-state index contributed by atoms with van der Waals surface area (Å²) in [7, 11) is 0. The molecular formula is C21H26N4O5. The number of fused-ring (bicyclic) bond motifs is 1. The van der Waals surface area contributed by atoms with Crippen LogP contribution in [0.3, 0.4) is 0 Å². The summed E-state index contributed by atoms with van der Waals surface area (Å²) in [4.78, 5) is 45.3. The van der Waals surface area contributed by atoms with Crippen LogP contribution in [0.1, 0.15) is 45.4 Å². The van der Waals surface area contributed by atoms with Crippen molar-refractivity contribution in [1.29, 1.82) is 0 Å². The third-order valence-electron chi connectivity index (χ3n) is 5.92. The lowest BCUT2D eigenvalue weighted by molar-refractivity contribution is -0.127. The van der Waals surface area contributed by atoms with Gasteiger partial charge in [0.15, 0.2) is 17.2 Å². The normalized spacial score (nSPS) is 23.4. The topological polar surface area (TPSA) is 123 Å². The Kier molecular flexibility index (Phi) is 6.08. The zero-order chi connectivity index (χ0) is 21.1. The van der Waals surface area contributed by atoms with Gasteiger partial charge in [-0.05, 0) is 31.4 Å². The summed E-state index contributed by atoms with van der Waals surface area (Å²) in [6.45, 7) is 1.77. The van der Waals surface area contributed by atoms with Gasteiger partial charge in [0.1, 0.15) is 24.2 Å². The SMILES string of the molecule is CC1OCC(=O)C1NC(=O)C(CC1CCCCC1)Nc1nc(=O)oc2cccnc12. The average Bonchev–Trinajstić information content (AvgIpc) is 3.06. The third-order valence-corrected chi connectivity index (χ3v) is 5.92. The van der Waals surface area contributed by atoms with Gasteiger partial charge in [-0.25, -0.2) is 9.78 Å². The predicted molar refractivity (Wildman–Crippen MR) is 109 cm³/mol. The molecule has 160 valence electrons. The average molecular weight is 414 g/mol. The Balaban J connectivity index is 1.59. The van der Waals surface area contributed by atoms with Gasteiger partial charge in [-0.3, -0.25) is 9.59 Å². The van der Waals surface area contributed by atoms with Gasteiger partial charge in [-0.2, -0.15) is 4.98 Å². The van der Waals surface area contributed by atoms with Gasteiger partial charge in [0.25, 0.3) is 0 Å². The lowest BCUT2D eigenvalue weighted by atomic mass is 9.84. The molecule has 0 spiro atoms. The maximum atomic E-state index is 13.2. The highest BCUT2D eigenvalue weighted by Gasteiger charge is 2.36. The van der Waals surface area contributed by atoms with Crippen molar-refractivity contribution in [3.05, 3.63) is 28.9 Å². The molecule has 9 nitrogen and oxygen atoms in total. The highest BCUT2D eigenvalue weighted by molar-refractivity contribution is 5.94. The van der Waals surface area contributed by atoms with Gasteiger partial charge in [0, 0.05) is 6.20 Å². The first-order chi connectivity index (χ1) is 14.5. The second kappa shape index (κ2) is 8.91. The molecular weight excluding hydrogens is 388 g/mol. The molecule has 0 radical (unpaired) electrons. The number of ether oxygens (including phenoxy) is 1. The van der Waals surface area contributed by atoms with Crippen molar-refractivity contribution in [2.45, 2.75) is 63.6 Å². The van der Waals surface area contributed by atoms with Crippen molar-refractivity contribution in [3.8, 4) is 0 Å². The number of hydrogen-bond acceptors (Lipinski definition) is 8. The summed E-state index contributed by atoms with van der Waals surface area (Å²) in [5.74, 6) is -0.620. The fourth-order valence-electron chi connectivity index (χ4n) is 4.28. The van der Waals surface area contributed by atoms with Crippen LogP contribution in [0.5, 0.6) is 0 Å². The Morgan fingerprint density at radius 3 is 2.80 bits per heavy atom. The fourth-order valence-corrected chi connectivity index (χ4v) is 4.28. The number of ketones is 1. The van der Waals surface area contributed by atoms with Crippen molar-refractivity contribution in [1.82, 2.24) is 15.3 Å². The first-order valence-corrected chi connectivity index (χ1v) is 10.5. The molecule has 0 aromatic carbocycles. The second-order valence-electron chi connectivity index (χ2n) is 8.08. The van der Waals surface area contributed by atoms with Crippen LogP contribution in [-0.4, -0.2) is 46.5 Å². The van der Waals surface area contributed by atoms with Crippen molar-refractivity contribution >= 4 is 28.6 Å². The summed E-state index contributed by atoms with van der Waals surface area (Å²) in [6.07, 6.45) is 7.38. The zero-order valence-electron chi connectivity index (χ0n) is 16.9. The molecule has 2 N–H and O–H groups in total. The van der Waals surface area contributed by atoms with E-state index in [9.17, 15) is 14.4 Å². The molecule has 3 heterocycles. The Labute approximate surface area is 173 Å². The lowest BCUT2D eigenvalue weighted by Crippen LogP contribution is -2.50. The summed E-state index contributed by atoms with van der Waals surface area (Å²) in [5, 5.41) is 5.94. The van der Waals surface area contributed by atoms with Gasteiger partial charge in [0.05, 0.1) is 6.10 Å². The summed E-state index contributed by atoms with van der Waals surface area (Å²) in [6, 6.07) is 1.96. The van der Waals surface area contributed by atoms with Crippen LogP contribution >= 0.6 is 0 Å². The minimum atomic E-state index is -0.761. The molecule has 2 aromatic rings. The van der Waals surface area contributed by atoms with Crippen LogP contribution in [0.2, 0.25) is 0 Å². The number of aromatic nitrogens is 2. The van der Waals surface area contributed by atoms with Gasteiger partial charge >= 0.3 is 5.76 Å². The quantitative estimate of drug-likeness (QED) is 0.733. The van der Waals surface area contributed by atoms with Crippen molar-refractivity contribution in [3.63, 3.8) is 0 Å². The van der Waals surface area contributed by atoms with Gasteiger partial charge in [-0.1, -0.05) is 32.1 Å². The van der Waals surface area contributed by atoms with Crippen molar-refractivity contribution in [2.24, 2.45) is 5.92 Å². The van der Waals surface area contributed by atoms with E-state index < -0.39 is 17.8 Å². The van der Waals surface area contributed by atoms with E-state index in [0.717, 1.165) is 25.7 Å². The first-order valence-electron chi connectivity index (χ1n) is 10.5. The molecule has 2 fully saturated rings. The number of pyridine rings is 1. The molecule has 1 amide bonds. The van der Waals surface area contributed by atoms with Gasteiger partial charge in [-0.15, -0.1) is 0 Å². The van der Waals surface area contributed by atoms with Crippen LogP contribution in [0.4, 0.5) is 5.82 Å². The Morgan fingerprint density at radius 1 is 1.27 bits per heavy atom. The number of rotatable bonds is 6. The van der Waals surface area contributed by atoms with E-state index in [1.54, 1.807) is 25.3 Å². The molecule has 9 heteroatoms. The Morgan fingerprint density at radius 2 is 2.07 bits per heavy atom. The van der Waals surface area contributed by atoms with E-state index in [-0.39, 0.29) is 30.2 Å². The molecule has 3 atom stereocenters. The predicted octanol–water partition coefficient (Wildman–Crippen LogP) is 1.81. The number of anilines is 1. The van der Waals surface area contributed by atoms with Gasteiger partial charge < -0.3 is 19.8 Å². The molecule has 1 saturated carbocycles. The zero-order valence-corrected chi connectivity index (χ0v) is 16.9. The standard InChI is InChI=1S/C21H26N4O5/c1-12-17(15(26)11-29-12)24-20(27)14(10-13-6-3-2-4-7-13)23-19-18-16(8-5-9-22-18)30-21(28)25-19/h5,8-9,12-14,17H,2-4,6-7,10-11H2,1H3,(H,24,27)(H,23,25,28). The monoisotopic (exact) mass is 414 g/mol. The number of Topliss-reactive ketones (excluding diaryl/α,β-unsaturated/α-hetero) is 1. The lowest BCUT2D eigenvalue weighted by Gasteiger charge is -2.28. The summed E-state index contributed by atoms with van der Waals surface area (Å²) in [5.41, 5.74) is 0.678. The minimum Gasteiger partial charge on any atom is -0.406 e. The molecule has 0 bridgehead atoms. The third kappa shape index (κ3) is 4.51. The molecule has 30 heavy (non-hydrogen) atoms. The van der Waals surface area contributed by atoms with Gasteiger partial charge in [0.2, 0.25) is 5.91 Å². The van der Waals surface area contributed by atoms with E-state index in [0.29, 0.717) is 23.4 Å². The Bertz CT molecular complexity index is 985. The Hall–Kier alpha value is -2.81. The van der Waals surface area contributed by atoms with Crippen molar-refractivity contribution < 1.29 is 18.7 Å². The van der Waals surface area contributed by atoms with Crippen LogP contribution in [0.25, 0.3) is 11.1 Å². The molecule has 3 unspecified atom stereocenters. The number of nitrogens with one attached hydrogen (secondary N) is 2. The van der Waals surface area contributed by atoms with E-state index in [4.69, 9.17) is 9.15 Å². The molecule has 1 aliphatic heterocycles. The summed E-state index contributed by atoms with van der Waals surface area (Å²) >= 11 is 0. The number of carbonyl (C=O) groups is 2. The highest BCUT2D eigenvalue weighted by atomic mass is 16.5. The highest BCUT2D eigenvalue weighted by Crippen LogP contribution is 2.29. The number of nitrogens with zero attached hydrogens (tertiary/aromatic N) is 2. The van der Waals surface area contributed by atoms with Crippen LogP contribution in [0.15, 0.2) is 27.5 Å². The van der Waals surface area contributed by atoms with Crippen LogP contribution < -0.4 is 16.4 Å². The number of amides is 1. The number of carbonyl (C=O) groups excluding carboxylic acids is 2.